The Morgan fingerprint density at radius 3 is 3.18 bits per heavy atom. The van der Waals surface area contributed by atoms with E-state index < -0.39 is 0 Å². The number of ketones is 1. The fraction of sp³-hybridized carbons (Fsp3) is 0.143. The summed E-state index contributed by atoms with van der Waals surface area (Å²) < 4.78 is 4.96. The Labute approximate surface area is 67.7 Å². The molecule has 0 bridgehead atoms. The summed E-state index contributed by atoms with van der Waals surface area (Å²) in [6, 6.07) is 0. The number of hydrogen-bond donors (Lipinski definition) is 0. The zero-order chi connectivity index (χ0) is 7.84. The molecule has 1 aromatic rings. The maximum Gasteiger partial charge on any atom is 0.292 e. The summed E-state index contributed by atoms with van der Waals surface area (Å²) in [4.78, 5) is 14.7. The zero-order valence-electron chi connectivity index (χ0n) is 5.50. The summed E-state index contributed by atoms with van der Waals surface area (Å²) in [6.45, 7) is 0. The number of halogens is 1. The lowest BCUT2D eigenvalue weighted by molar-refractivity contribution is -0.114. The Hall–Kier alpha value is -1.09. The molecule has 0 atom stereocenters. The summed E-state index contributed by atoms with van der Waals surface area (Å²) in [5.41, 5.74) is 0.662. The van der Waals surface area contributed by atoms with Crippen LogP contribution in [-0.4, -0.2) is 10.8 Å². The topological polar surface area (TPSA) is 43.1 Å². The van der Waals surface area contributed by atoms with E-state index in [-0.39, 0.29) is 17.6 Å². The Morgan fingerprint density at radius 1 is 1.55 bits per heavy atom. The molecule has 11 heavy (non-hydrogen) atoms. The highest BCUT2D eigenvalue weighted by Gasteiger charge is 2.16. The lowest BCUT2D eigenvalue weighted by Crippen LogP contribution is -2.02. The van der Waals surface area contributed by atoms with Crippen LogP contribution in [0.2, 0.25) is 5.35 Å². The maximum atomic E-state index is 10.8. The first-order chi connectivity index (χ1) is 5.25. The Kier molecular flexibility index (Phi) is 1.32. The fourth-order valence-corrected chi connectivity index (χ4v) is 1.16. The van der Waals surface area contributed by atoms with Gasteiger partial charge in [-0.3, -0.25) is 4.79 Å². The van der Waals surface area contributed by atoms with Crippen molar-refractivity contribution in [3.8, 4) is 0 Å². The number of carbonyl (C=O) groups is 1. The van der Waals surface area contributed by atoms with Gasteiger partial charge in [0.05, 0.1) is 6.42 Å². The predicted molar refractivity (Wildman–Crippen MR) is 39.3 cm³/mol. The van der Waals surface area contributed by atoms with Gasteiger partial charge in [-0.1, -0.05) is 0 Å². The van der Waals surface area contributed by atoms with E-state index in [1.165, 1.54) is 6.08 Å². The number of oxazole rings is 1. The third-order valence-electron chi connectivity index (χ3n) is 1.46. The minimum Gasteiger partial charge on any atom is -0.432 e. The van der Waals surface area contributed by atoms with Gasteiger partial charge >= 0.3 is 0 Å². The molecule has 0 saturated heterocycles. The molecule has 1 aliphatic rings. The fourth-order valence-electron chi connectivity index (χ4n) is 0.980. The molecule has 0 aromatic carbocycles. The number of aromatic nitrogens is 1. The van der Waals surface area contributed by atoms with Crippen molar-refractivity contribution in [3.63, 3.8) is 0 Å². The minimum atomic E-state index is 0.0188. The van der Waals surface area contributed by atoms with Gasteiger partial charge in [0.2, 0.25) is 0 Å². The molecule has 3 nitrogen and oxygen atoms in total. The molecular weight excluding hydrogens is 166 g/mol. The Bertz CT molecular complexity index is 340. The molecule has 0 aliphatic heterocycles. The summed E-state index contributed by atoms with van der Waals surface area (Å²) in [6.07, 6.45) is 3.35. The van der Waals surface area contributed by atoms with Crippen molar-refractivity contribution < 1.29 is 9.21 Å². The van der Waals surface area contributed by atoms with Crippen LogP contribution < -0.4 is 0 Å². The highest BCUT2D eigenvalue weighted by Crippen LogP contribution is 2.20. The molecule has 2 rings (SSSR count). The van der Waals surface area contributed by atoms with Crippen LogP contribution in [0.15, 0.2) is 10.5 Å². The van der Waals surface area contributed by atoms with Crippen molar-refractivity contribution in [2.24, 2.45) is 0 Å². The third-order valence-corrected chi connectivity index (χ3v) is 1.63. The molecule has 4 heteroatoms. The van der Waals surface area contributed by atoms with E-state index >= 15 is 0 Å². The SMILES string of the molecule is O=C1C=Cc2nc(Cl)oc2C1. The van der Waals surface area contributed by atoms with Crippen LogP contribution in [0.5, 0.6) is 0 Å². The van der Waals surface area contributed by atoms with Crippen molar-refractivity contribution in [2.45, 2.75) is 6.42 Å². The summed E-state index contributed by atoms with van der Waals surface area (Å²) >= 11 is 5.48. The quantitative estimate of drug-likeness (QED) is 0.591. The van der Waals surface area contributed by atoms with E-state index in [4.69, 9.17) is 16.0 Å². The van der Waals surface area contributed by atoms with Crippen molar-refractivity contribution in [2.75, 3.05) is 0 Å². The van der Waals surface area contributed by atoms with Crippen LogP contribution in [0.25, 0.3) is 6.08 Å². The highest BCUT2D eigenvalue weighted by atomic mass is 35.5. The molecule has 1 heterocycles. The zero-order valence-corrected chi connectivity index (χ0v) is 6.26. The summed E-state index contributed by atoms with van der Waals surface area (Å²) in [5, 5.41) is 0.0920. The van der Waals surface area contributed by atoms with Crippen LogP contribution in [0.1, 0.15) is 11.5 Å². The average Bonchev–Trinajstić information content (AvgIpc) is 2.27. The summed E-state index contributed by atoms with van der Waals surface area (Å²) in [5.74, 6) is 0.577. The Balaban J connectivity index is 2.52. The molecule has 0 radical (unpaired) electrons. The lowest BCUT2D eigenvalue weighted by Gasteiger charge is -1.97. The Morgan fingerprint density at radius 2 is 2.36 bits per heavy atom. The number of nitrogens with zero attached hydrogens (tertiary/aromatic N) is 1. The molecule has 0 spiro atoms. The van der Waals surface area contributed by atoms with Crippen molar-refractivity contribution in [1.82, 2.24) is 4.98 Å². The van der Waals surface area contributed by atoms with Gasteiger partial charge in [0, 0.05) is 0 Å². The molecule has 0 saturated carbocycles. The number of fused-ring (bicyclic) bond motifs is 1. The normalized spacial score (nSPS) is 15.2. The van der Waals surface area contributed by atoms with E-state index in [0.717, 1.165) is 0 Å². The molecule has 1 aromatic heterocycles. The van der Waals surface area contributed by atoms with Crippen LogP contribution in [-0.2, 0) is 11.2 Å². The first kappa shape index (κ1) is 6.61. The minimum absolute atomic E-state index is 0.0188. The molecule has 56 valence electrons. The smallest absolute Gasteiger partial charge is 0.292 e. The second-order valence-corrected chi connectivity index (χ2v) is 2.57. The molecule has 1 aliphatic carbocycles. The largest absolute Gasteiger partial charge is 0.432 e. The summed E-state index contributed by atoms with van der Waals surface area (Å²) in [7, 11) is 0. The van der Waals surface area contributed by atoms with E-state index in [9.17, 15) is 4.79 Å². The van der Waals surface area contributed by atoms with Gasteiger partial charge < -0.3 is 4.42 Å². The predicted octanol–water partition coefficient (Wildman–Crippen LogP) is 1.47. The van der Waals surface area contributed by atoms with Crippen LogP contribution in [0, 0.1) is 0 Å². The standard InChI is InChI=1S/C7H4ClNO2/c8-7-9-5-2-1-4(10)3-6(5)11-7/h1-2H,3H2. The first-order valence-corrected chi connectivity index (χ1v) is 3.49. The van der Waals surface area contributed by atoms with Crippen LogP contribution in [0.3, 0.4) is 0 Å². The van der Waals surface area contributed by atoms with E-state index in [1.54, 1.807) is 6.08 Å². The van der Waals surface area contributed by atoms with E-state index in [0.29, 0.717) is 11.5 Å². The maximum absolute atomic E-state index is 10.8. The first-order valence-electron chi connectivity index (χ1n) is 3.12. The van der Waals surface area contributed by atoms with E-state index in [2.05, 4.69) is 4.98 Å². The van der Waals surface area contributed by atoms with Gasteiger partial charge in [0.25, 0.3) is 5.35 Å². The van der Waals surface area contributed by atoms with Gasteiger partial charge in [0.1, 0.15) is 11.5 Å². The molecule has 0 fully saturated rings. The number of allylic oxidation sites excluding steroid dienone is 1. The molecular formula is C7H4ClNO2. The van der Waals surface area contributed by atoms with Crippen LogP contribution in [0.4, 0.5) is 0 Å². The number of carbonyl (C=O) groups excluding carboxylic acids is 1. The van der Waals surface area contributed by atoms with Gasteiger partial charge in [0.15, 0.2) is 5.78 Å². The number of hydrogen-bond acceptors (Lipinski definition) is 3. The average molecular weight is 170 g/mol. The third kappa shape index (κ3) is 1.07. The molecule has 0 N–H and O–H groups in total. The number of rotatable bonds is 0. The second-order valence-electron chi connectivity index (χ2n) is 2.25. The van der Waals surface area contributed by atoms with Crippen molar-refractivity contribution in [3.05, 3.63) is 22.9 Å². The van der Waals surface area contributed by atoms with Gasteiger partial charge in [-0.05, 0) is 23.8 Å². The van der Waals surface area contributed by atoms with Crippen molar-refractivity contribution >= 4 is 23.5 Å². The monoisotopic (exact) mass is 169 g/mol. The molecule has 0 amide bonds. The second kappa shape index (κ2) is 2.20. The molecule has 0 unspecified atom stereocenters. The van der Waals surface area contributed by atoms with Crippen LogP contribution >= 0.6 is 11.6 Å². The lowest BCUT2D eigenvalue weighted by atomic mass is 10.1. The van der Waals surface area contributed by atoms with Gasteiger partial charge in [-0.25, -0.2) is 0 Å². The van der Waals surface area contributed by atoms with Gasteiger partial charge in [-0.15, -0.1) is 0 Å². The van der Waals surface area contributed by atoms with Gasteiger partial charge in [-0.2, -0.15) is 4.98 Å². The van der Waals surface area contributed by atoms with Crippen molar-refractivity contribution in [1.29, 1.82) is 0 Å². The highest BCUT2D eigenvalue weighted by molar-refractivity contribution is 6.27. The van der Waals surface area contributed by atoms with E-state index in [1.807, 2.05) is 0 Å².